The SMILES string of the molecule is NC(=O)C12CC3C[C@H](C1)C(OC(=O)N1CCC(Nc4nnc(C(F)(F)F)s4)C1)[C@H](C3)C2. The number of amides is 2. The lowest BCUT2D eigenvalue weighted by atomic mass is 9.48. The Balaban J connectivity index is 1.17. The van der Waals surface area contributed by atoms with Gasteiger partial charge in [-0.15, -0.1) is 10.2 Å². The van der Waals surface area contributed by atoms with Crippen molar-refractivity contribution in [2.45, 2.75) is 56.8 Å². The molecule has 0 radical (unpaired) electrons. The Kier molecular flexibility index (Phi) is 4.83. The maximum atomic E-state index is 12.8. The Hall–Kier alpha value is -2.11. The van der Waals surface area contributed by atoms with E-state index >= 15 is 0 Å². The topological polar surface area (TPSA) is 110 Å². The van der Waals surface area contributed by atoms with Crippen LogP contribution in [0.25, 0.3) is 0 Å². The number of hydrogen-bond donors (Lipinski definition) is 2. The minimum absolute atomic E-state index is 0.0883. The number of carbonyl (C=O) groups is 2. The maximum absolute atomic E-state index is 12.8. The molecule has 2 amide bonds. The first-order valence-electron chi connectivity index (χ1n) is 10.6. The first-order chi connectivity index (χ1) is 14.6. The number of carbonyl (C=O) groups excluding carboxylic acids is 2. The van der Waals surface area contributed by atoms with Gasteiger partial charge in [0.1, 0.15) is 6.10 Å². The third-order valence-corrected chi connectivity index (χ3v) is 8.29. The van der Waals surface area contributed by atoms with Crippen LogP contribution < -0.4 is 11.1 Å². The first-order valence-corrected chi connectivity index (χ1v) is 11.4. The van der Waals surface area contributed by atoms with E-state index in [4.69, 9.17) is 10.5 Å². The van der Waals surface area contributed by atoms with Gasteiger partial charge in [-0.3, -0.25) is 4.79 Å². The molecule has 5 fully saturated rings. The Morgan fingerprint density at radius 2 is 1.90 bits per heavy atom. The summed E-state index contributed by atoms with van der Waals surface area (Å²) in [5.74, 6) is 0.590. The Labute approximate surface area is 180 Å². The highest BCUT2D eigenvalue weighted by atomic mass is 32.1. The summed E-state index contributed by atoms with van der Waals surface area (Å²) < 4.78 is 44.0. The van der Waals surface area contributed by atoms with Crippen LogP contribution in [0.1, 0.15) is 43.5 Å². The van der Waals surface area contributed by atoms with Gasteiger partial charge < -0.3 is 20.7 Å². The molecule has 4 aliphatic carbocycles. The number of aromatic nitrogens is 2. The van der Waals surface area contributed by atoms with Gasteiger partial charge in [-0.2, -0.15) is 13.2 Å². The van der Waals surface area contributed by atoms with Gasteiger partial charge in [-0.05, 0) is 56.3 Å². The Morgan fingerprint density at radius 1 is 1.19 bits per heavy atom. The van der Waals surface area contributed by atoms with Crippen molar-refractivity contribution in [3.63, 3.8) is 0 Å². The van der Waals surface area contributed by atoms with Crippen LogP contribution in [0.2, 0.25) is 0 Å². The second kappa shape index (κ2) is 7.21. The number of hydrogen-bond acceptors (Lipinski definition) is 7. The lowest BCUT2D eigenvalue weighted by Gasteiger charge is -2.58. The van der Waals surface area contributed by atoms with Crippen LogP contribution in [0.15, 0.2) is 0 Å². The lowest BCUT2D eigenvalue weighted by molar-refractivity contribution is -0.161. The van der Waals surface area contributed by atoms with E-state index in [1.807, 2.05) is 0 Å². The largest absolute Gasteiger partial charge is 0.446 e. The predicted octanol–water partition coefficient (Wildman–Crippen LogP) is 2.86. The van der Waals surface area contributed by atoms with Crippen molar-refractivity contribution >= 4 is 28.5 Å². The molecule has 3 N–H and O–H groups in total. The Morgan fingerprint density at radius 3 is 2.52 bits per heavy atom. The molecule has 0 aromatic carbocycles. The molecular weight excluding hydrogens is 435 g/mol. The maximum Gasteiger partial charge on any atom is 0.445 e. The number of alkyl halides is 3. The molecule has 1 aliphatic heterocycles. The van der Waals surface area contributed by atoms with Crippen LogP contribution in [0, 0.1) is 23.2 Å². The van der Waals surface area contributed by atoms with Crippen molar-refractivity contribution in [1.29, 1.82) is 0 Å². The van der Waals surface area contributed by atoms with E-state index in [9.17, 15) is 22.8 Å². The molecule has 8 nitrogen and oxygen atoms in total. The van der Waals surface area contributed by atoms with Gasteiger partial charge in [0, 0.05) is 19.1 Å². The summed E-state index contributed by atoms with van der Waals surface area (Å²) >= 11 is 0.451. The van der Waals surface area contributed by atoms with Gasteiger partial charge in [0.2, 0.25) is 16.0 Å². The molecule has 31 heavy (non-hydrogen) atoms. The molecule has 6 rings (SSSR count). The molecule has 1 saturated heterocycles. The van der Waals surface area contributed by atoms with Gasteiger partial charge in [0.15, 0.2) is 0 Å². The number of primary amides is 1. The van der Waals surface area contributed by atoms with E-state index in [2.05, 4.69) is 15.5 Å². The van der Waals surface area contributed by atoms with Crippen molar-refractivity contribution < 1.29 is 27.5 Å². The second-order valence-electron chi connectivity index (χ2n) is 9.45. The zero-order valence-corrected chi connectivity index (χ0v) is 17.5. The summed E-state index contributed by atoms with van der Waals surface area (Å²) in [6.45, 7) is 0.785. The van der Waals surface area contributed by atoms with E-state index in [1.165, 1.54) is 0 Å². The number of ether oxygens (including phenoxy) is 1. The molecule has 1 aromatic rings. The fraction of sp³-hybridized carbons (Fsp3) is 0.789. The number of halogens is 3. The molecule has 2 heterocycles. The number of anilines is 1. The second-order valence-corrected chi connectivity index (χ2v) is 10.4. The van der Waals surface area contributed by atoms with Crippen molar-refractivity contribution in [2.24, 2.45) is 28.9 Å². The zero-order valence-electron chi connectivity index (χ0n) is 16.7. The molecule has 170 valence electrons. The van der Waals surface area contributed by atoms with E-state index in [0.717, 1.165) is 19.3 Å². The van der Waals surface area contributed by atoms with Crippen LogP contribution in [0.5, 0.6) is 0 Å². The quantitative estimate of drug-likeness (QED) is 0.717. The van der Waals surface area contributed by atoms with E-state index in [1.54, 1.807) is 4.90 Å². The molecular formula is C19H24F3N5O3S. The summed E-state index contributed by atoms with van der Waals surface area (Å²) in [6.07, 6.45) is -0.360. The van der Waals surface area contributed by atoms with Gasteiger partial charge in [0.25, 0.3) is 0 Å². The monoisotopic (exact) mass is 459 g/mol. The van der Waals surface area contributed by atoms with Crippen LogP contribution in [0.3, 0.4) is 0 Å². The molecule has 1 unspecified atom stereocenters. The molecule has 3 atom stereocenters. The first kappa shape index (κ1) is 20.8. The summed E-state index contributed by atoms with van der Waals surface area (Å²) in [5.41, 5.74) is 5.28. The van der Waals surface area contributed by atoms with Crippen LogP contribution >= 0.6 is 11.3 Å². The summed E-state index contributed by atoms with van der Waals surface area (Å²) in [6, 6.07) is -0.210. The molecule has 1 aromatic heterocycles. The fourth-order valence-electron chi connectivity index (χ4n) is 6.28. The number of likely N-dealkylation sites (tertiary alicyclic amines) is 1. The molecule has 5 aliphatic rings. The highest BCUT2D eigenvalue weighted by molar-refractivity contribution is 7.15. The van der Waals surface area contributed by atoms with Crippen molar-refractivity contribution in [3.05, 3.63) is 5.01 Å². The molecule has 12 heteroatoms. The van der Waals surface area contributed by atoms with Crippen molar-refractivity contribution in [2.75, 3.05) is 18.4 Å². The van der Waals surface area contributed by atoms with E-state index in [0.29, 0.717) is 49.6 Å². The highest BCUT2D eigenvalue weighted by Crippen LogP contribution is 2.60. The van der Waals surface area contributed by atoms with Crippen LogP contribution in [0.4, 0.5) is 23.1 Å². The van der Waals surface area contributed by atoms with Crippen LogP contribution in [-0.2, 0) is 15.7 Å². The fourth-order valence-corrected chi connectivity index (χ4v) is 6.97. The van der Waals surface area contributed by atoms with E-state index < -0.39 is 22.7 Å². The minimum Gasteiger partial charge on any atom is -0.446 e. The lowest BCUT2D eigenvalue weighted by Crippen LogP contribution is -2.59. The number of nitrogens with two attached hydrogens (primary N) is 1. The molecule has 4 saturated carbocycles. The van der Waals surface area contributed by atoms with Crippen molar-refractivity contribution in [1.82, 2.24) is 15.1 Å². The van der Waals surface area contributed by atoms with E-state index in [-0.39, 0.29) is 35.0 Å². The standard InChI is InChI=1S/C19H24F3N5O3S/c20-19(21,22)15-25-26-16(31-15)24-12-1-2-27(8-12)17(29)30-13-10-3-9-4-11(13)7-18(5-9,6-10)14(23)28/h9-13H,1-8H2,(H2,23,28)(H,24,26)/t9?,10-,11-,12?,13?,18?/m1/s1. The summed E-state index contributed by atoms with van der Waals surface area (Å²) in [5, 5.41) is 8.73. The smallest absolute Gasteiger partial charge is 0.445 e. The van der Waals surface area contributed by atoms with Gasteiger partial charge in [-0.1, -0.05) is 11.3 Å². The number of rotatable bonds is 4. The number of nitrogens with zero attached hydrogens (tertiary/aromatic N) is 3. The molecule has 4 bridgehead atoms. The summed E-state index contributed by atoms with van der Waals surface area (Å²) in [4.78, 5) is 26.4. The zero-order chi connectivity index (χ0) is 22.0. The van der Waals surface area contributed by atoms with Gasteiger partial charge in [-0.25, -0.2) is 4.79 Å². The summed E-state index contributed by atoms with van der Waals surface area (Å²) in [7, 11) is 0. The normalized spacial score (nSPS) is 36.6. The predicted molar refractivity (Wildman–Crippen MR) is 104 cm³/mol. The third kappa shape index (κ3) is 3.72. The van der Waals surface area contributed by atoms with Gasteiger partial charge >= 0.3 is 12.3 Å². The van der Waals surface area contributed by atoms with Crippen LogP contribution in [-0.4, -0.2) is 52.3 Å². The van der Waals surface area contributed by atoms with Crippen molar-refractivity contribution in [3.8, 4) is 0 Å². The highest BCUT2D eigenvalue weighted by Gasteiger charge is 2.59. The minimum atomic E-state index is -4.52. The average Bonchev–Trinajstić information content (AvgIpc) is 3.34. The Bertz CT molecular complexity index is 877. The van der Waals surface area contributed by atoms with Gasteiger partial charge in [0.05, 0.1) is 5.41 Å². The average molecular weight is 459 g/mol. The number of nitrogens with one attached hydrogen (secondary N) is 1. The third-order valence-electron chi connectivity index (χ3n) is 7.39. The molecule has 0 spiro atoms.